The molecule has 0 saturated carbocycles. The van der Waals surface area contributed by atoms with E-state index in [1.165, 1.54) is 0 Å². The summed E-state index contributed by atoms with van der Waals surface area (Å²) in [4.78, 5) is 0. The van der Waals surface area contributed by atoms with Gasteiger partial charge in [0.2, 0.25) is 0 Å². The molecular weight excluding hydrogens is 315 g/mol. The van der Waals surface area contributed by atoms with Crippen molar-refractivity contribution < 1.29 is 0 Å². The predicted molar refractivity (Wildman–Crippen MR) is 43.3 cm³/mol. The zero-order valence-corrected chi connectivity index (χ0v) is 9.23. The third kappa shape index (κ3) is 5.95. The molecule has 38 valence electrons. The van der Waals surface area contributed by atoms with Crippen LogP contribution in [0.3, 0.4) is 0 Å². The lowest BCUT2D eigenvalue weighted by Gasteiger charge is -1.98. The van der Waals surface area contributed by atoms with Gasteiger partial charge in [0.15, 0.2) is 0 Å². The Morgan fingerprint density at radius 3 is 1.50 bits per heavy atom. The van der Waals surface area contributed by atoms with Crippen molar-refractivity contribution >= 4 is 61.4 Å². The van der Waals surface area contributed by atoms with Crippen molar-refractivity contribution in [3.8, 4) is 0 Å². The molecule has 0 saturated heterocycles. The number of hydrogen-bond donors (Lipinski definition) is 0. The van der Waals surface area contributed by atoms with Crippen molar-refractivity contribution in [3.05, 3.63) is 0 Å². The predicted octanol–water partition coefficient (Wildman–Crippen LogP) is 2.89. The molecule has 0 spiro atoms. The Hall–Kier alpha value is 1.95. The molecule has 5 heteroatoms. The lowest BCUT2D eigenvalue weighted by molar-refractivity contribution is 2.16. The van der Waals surface area contributed by atoms with Crippen LogP contribution < -0.4 is 0 Å². The maximum Gasteiger partial charge on any atom is 0.281 e. The van der Waals surface area contributed by atoms with Gasteiger partial charge < -0.3 is 0 Å². The smallest absolute Gasteiger partial charge is 0.127 e. The molecule has 0 rings (SSSR count). The van der Waals surface area contributed by atoms with Gasteiger partial charge in [-0.05, 0) is 0 Å². The van der Waals surface area contributed by atoms with E-state index in [4.69, 9.17) is 11.6 Å². The Kier molecular flexibility index (Phi) is 4.07. The van der Waals surface area contributed by atoms with Crippen LogP contribution in [0.2, 0.25) is 0 Å². The zero-order chi connectivity index (χ0) is 5.21. The highest BCUT2D eigenvalue weighted by Gasteiger charge is 2.19. The van der Waals surface area contributed by atoms with E-state index in [1.807, 2.05) is 0 Å². The van der Waals surface area contributed by atoms with Crippen molar-refractivity contribution in [2.45, 2.75) is 0 Å². The van der Waals surface area contributed by atoms with Crippen LogP contribution in [0, 0.1) is 0 Å². The first kappa shape index (κ1) is 7.95. The molecule has 0 radical (unpaired) electrons. The molecule has 0 aliphatic carbocycles. The topological polar surface area (TPSA) is 0 Å². The standard InChI is InChI=1S/CH2Br3ClSi/c2-6(3,4)1-5/h1H2. The molecule has 0 aliphatic heterocycles. The molecular formula is CH2Br3ClSi. The van der Waals surface area contributed by atoms with E-state index in [9.17, 15) is 0 Å². The molecule has 0 aromatic carbocycles. The summed E-state index contributed by atoms with van der Waals surface area (Å²) in [6.45, 7) is 0. The molecule has 0 heterocycles. The van der Waals surface area contributed by atoms with Gasteiger partial charge in [-0.3, -0.25) is 0 Å². The van der Waals surface area contributed by atoms with E-state index < -0.39 is 3.93 Å². The van der Waals surface area contributed by atoms with Crippen LogP contribution in [0.1, 0.15) is 0 Å². The first-order valence-electron chi connectivity index (χ1n) is 1.19. The number of halogens is 4. The van der Waals surface area contributed by atoms with Crippen LogP contribution in [0.4, 0.5) is 0 Å². The average Bonchev–Trinajstić information content (AvgIpc) is 1.35. The molecule has 0 atom stereocenters. The summed E-state index contributed by atoms with van der Waals surface area (Å²) in [7, 11) is 0. The van der Waals surface area contributed by atoms with Crippen LogP contribution in [0.25, 0.3) is 0 Å². The third-order valence-corrected chi connectivity index (χ3v) is 7.09. The molecule has 0 aliphatic rings. The summed E-state index contributed by atoms with van der Waals surface area (Å²) < 4.78 is -1.43. The van der Waals surface area contributed by atoms with E-state index in [0.717, 1.165) is 0 Å². The van der Waals surface area contributed by atoms with Gasteiger partial charge >= 0.3 is 0 Å². The number of alkyl halides is 1. The summed E-state index contributed by atoms with van der Waals surface area (Å²) >= 11 is 15.4. The quantitative estimate of drug-likeness (QED) is 0.396. The van der Waals surface area contributed by atoms with Crippen LogP contribution in [0.15, 0.2) is 0 Å². The molecule has 0 amide bonds. The van der Waals surface area contributed by atoms with Crippen molar-refractivity contribution in [3.63, 3.8) is 0 Å². The Labute approximate surface area is 66.4 Å². The fourth-order valence-electron chi connectivity index (χ4n) is 0. The van der Waals surface area contributed by atoms with Crippen LogP contribution >= 0.6 is 57.5 Å². The van der Waals surface area contributed by atoms with E-state index in [2.05, 4.69) is 45.9 Å². The summed E-state index contributed by atoms with van der Waals surface area (Å²) in [5.74, 6) is 0. The van der Waals surface area contributed by atoms with Crippen molar-refractivity contribution in [1.82, 2.24) is 0 Å². The maximum atomic E-state index is 5.40. The first-order valence-corrected chi connectivity index (χ1v) is 10.7. The van der Waals surface area contributed by atoms with Crippen LogP contribution in [-0.4, -0.2) is 9.44 Å². The number of rotatable bonds is 1. The monoisotopic (exact) mass is 314 g/mol. The molecule has 0 bridgehead atoms. The maximum absolute atomic E-state index is 5.40. The summed E-state index contributed by atoms with van der Waals surface area (Å²) in [6.07, 6.45) is 0. The zero-order valence-electron chi connectivity index (χ0n) is 2.72. The Bertz CT molecular complexity index is 40.5. The first-order chi connectivity index (χ1) is 2.56. The molecule has 0 aromatic rings. The van der Waals surface area contributed by atoms with Gasteiger partial charge in [-0.15, -0.1) is 11.6 Å². The molecule has 0 unspecified atom stereocenters. The van der Waals surface area contributed by atoms with Gasteiger partial charge in [-0.25, -0.2) is 0 Å². The minimum Gasteiger partial charge on any atom is -0.127 e. The van der Waals surface area contributed by atoms with Gasteiger partial charge in [0.1, 0.15) is 0 Å². The van der Waals surface area contributed by atoms with Gasteiger partial charge in [0.05, 0.1) is 0 Å². The van der Waals surface area contributed by atoms with Gasteiger partial charge in [0.25, 0.3) is 3.93 Å². The fourth-order valence-corrected chi connectivity index (χ4v) is 0. The highest BCUT2D eigenvalue weighted by atomic mass is 80.0. The van der Waals surface area contributed by atoms with E-state index >= 15 is 0 Å². The Morgan fingerprint density at radius 1 is 1.33 bits per heavy atom. The second-order valence-electron chi connectivity index (χ2n) is 0.749. The van der Waals surface area contributed by atoms with E-state index in [1.54, 1.807) is 0 Å². The Balaban J connectivity index is 3.17. The SMILES string of the molecule is ClC[Si](Br)(Br)Br. The van der Waals surface area contributed by atoms with Crippen LogP contribution in [0.5, 0.6) is 0 Å². The number of hydrogen-bond acceptors (Lipinski definition) is 0. The highest BCUT2D eigenvalue weighted by Crippen LogP contribution is 2.27. The molecule has 0 fully saturated rings. The minimum absolute atomic E-state index is 0.632. The van der Waals surface area contributed by atoms with Gasteiger partial charge in [-0.1, -0.05) is 45.9 Å². The second kappa shape index (κ2) is 3.07. The summed E-state index contributed by atoms with van der Waals surface area (Å²) in [5, 5.41) is 0. The van der Waals surface area contributed by atoms with Gasteiger partial charge in [-0.2, -0.15) is 0 Å². The molecule has 6 heavy (non-hydrogen) atoms. The average molecular weight is 317 g/mol. The third-order valence-electron chi connectivity index (χ3n) is 0.152. The minimum atomic E-state index is -1.43. The van der Waals surface area contributed by atoms with Crippen molar-refractivity contribution in [1.29, 1.82) is 0 Å². The molecule has 0 N–H and O–H groups in total. The summed E-state index contributed by atoms with van der Waals surface area (Å²) in [5.41, 5.74) is 0.632. The van der Waals surface area contributed by atoms with Crippen molar-refractivity contribution in [2.75, 3.05) is 5.50 Å². The molecule has 0 nitrogen and oxygen atoms in total. The normalized spacial score (nSPS) is 12.0. The van der Waals surface area contributed by atoms with Crippen molar-refractivity contribution in [2.24, 2.45) is 0 Å². The second-order valence-corrected chi connectivity index (χ2v) is 24.8. The summed E-state index contributed by atoms with van der Waals surface area (Å²) in [6, 6.07) is 0. The lowest BCUT2D eigenvalue weighted by atomic mass is 11.9. The van der Waals surface area contributed by atoms with Crippen LogP contribution in [-0.2, 0) is 0 Å². The Morgan fingerprint density at radius 2 is 1.50 bits per heavy atom. The lowest BCUT2D eigenvalue weighted by Crippen LogP contribution is -2.07. The van der Waals surface area contributed by atoms with E-state index in [0.29, 0.717) is 5.50 Å². The molecule has 0 aromatic heterocycles. The fraction of sp³-hybridized carbons (Fsp3) is 1.00. The highest BCUT2D eigenvalue weighted by molar-refractivity contribution is 9.72. The largest absolute Gasteiger partial charge is 0.281 e. The van der Waals surface area contributed by atoms with E-state index in [-0.39, 0.29) is 0 Å². The van der Waals surface area contributed by atoms with Gasteiger partial charge in [0, 0.05) is 5.50 Å².